The molecule has 1 rings (SSSR count). The Kier molecular flexibility index (Phi) is 7.34. The van der Waals surface area contributed by atoms with E-state index in [1.807, 2.05) is 6.92 Å². The van der Waals surface area contributed by atoms with Gasteiger partial charge in [-0.2, -0.15) is 0 Å². The molecule has 7 nitrogen and oxygen atoms in total. The van der Waals surface area contributed by atoms with Gasteiger partial charge in [0.05, 0.1) is 0 Å². The number of hydrogen-bond acceptors (Lipinski definition) is 4. The predicted molar refractivity (Wildman–Crippen MR) is 82.2 cm³/mol. The number of carbonyl (C=O) groups excluding carboxylic acids is 3. The molecule has 0 aliphatic carbocycles. The van der Waals surface area contributed by atoms with Crippen molar-refractivity contribution >= 4 is 35.0 Å². The van der Waals surface area contributed by atoms with Gasteiger partial charge >= 0.3 is 0 Å². The minimum Gasteiger partial charge on any atom is -0.362 e. The van der Waals surface area contributed by atoms with Crippen molar-refractivity contribution in [2.45, 2.75) is 20.3 Å². The molecule has 0 radical (unpaired) electrons. The number of halogens is 1. The normalized spacial score (nSPS) is 9.95. The highest BCUT2D eigenvalue weighted by atomic mass is 35.5. The van der Waals surface area contributed by atoms with Crippen LogP contribution in [0.25, 0.3) is 0 Å². The topological polar surface area (TPSA) is 96.5 Å². The Hall–Kier alpha value is -2.12. The molecular weight excluding hydrogens is 310 g/mol. The fraction of sp³-hybridized carbons (Fsp3) is 0.357. The summed E-state index contributed by atoms with van der Waals surface area (Å²) in [4.78, 5) is 33.8. The summed E-state index contributed by atoms with van der Waals surface area (Å²) in [6.07, 6.45) is 0.253. The number of amides is 3. The number of ether oxygens (including phenoxy) is 1. The van der Waals surface area contributed by atoms with E-state index in [1.54, 1.807) is 25.1 Å². The molecule has 120 valence electrons. The summed E-state index contributed by atoms with van der Waals surface area (Å²) in [7, 11) is 0. The molecule has 0 aliphatic rings. The van der Waals surface area contributed by atoms with Crippen LogP contribution in [-0.4, -0.2) is 30.9 Å². The van der Waals surface area contributed by atoms with Crippen LogP contribution in [-0.2, 0) is 19.1 Å². The third kappa shape index (κ3) is 6.55. The average Bonchev–Trinajstić information content (AvgIpc) is 2.48. The second-order valence-electron chi connectivity index (χ2n) is 4.45. The van der Waals surface area contributed by atoms with Crippen LogP contribution in [0.5, 0.6) is 0 Å². The lowest BCUT2D eigenvalue weighted by atomic mass is 10.2. The van der Waals surface area contributed by atoms with E-state index in [0.717, 1.165) is 5.56 Å². The van der Waals surface area contributed by atoms with Crippen molar-refractivity contribution in [1.29, 1.82) is 0 Å². The molecule has 0 spiro atoms. The van der Waals surface area contributed by atoms with Gasteiger partial charge in [-0.3, -0.25) is 25.2 Å². The molecule has 1 aromatic carbocycles. The Labute approximate surface area is 133 Å². The van der Waals surface area contributed by atoms with E-state index in [9.17, 15) is 14.4 Å². The van der Waals surface area contributed by atoms with Crippen molar-refractivity contribution in [2.75, 3.05) is 18.5 Å². The van der Waals surface area contributed by atoms with E-state index in [-0.39, 0.29) is 25.5 Å². The highest BCUT2D eigenvalue weighted by molar-refractivity contribution is 6.31. The summed E-state index contributed by atoms with van der Waals surface area (Å²) in [6.45, 7) is 2.87. The number of rotatable bonds is 6. The Morgan fingerprint density at radius 2 is 1.73 bits per heavy atom. The number of benzene rings is 1. The highest BCUT2D eigenvalue weighted by Gasteiger charge is 2.07. The van der Waals surface area contributed by atoms with E-state index >= 15 is 0 Å². The van der Waals surface area contributed by atoms with Gasteiger partial charge in [-0.25, -0.2) is 0 Å². The fourth-order valence-electron chi connectivity index (χ4n) is 1.37. The lowest BCUT2D eigenvalue weighted by Crippen LogP contribution is -2.43. The first-order valence-electron chi connectivity index (χ1n) is 6.63. The highest BCUT2D eigenvalue weighted by Crippen LogP contribution is 2.19. The van der Waals surface area contributed by atoms with E-state index in [4.69, 9.17) is 16.3 Å². The maximum Gasteiger partial charge on any atom is 0.264 e. The lowest BCUT2D eigenvalue weighted by Gasteiger charge is -2.08. The molecule has 0 bridgehead atoms. The molecule has 1 aromatic rings. The van der Waals surface area contributed by atoms with Crippen LogP contribution in [0.3, 0.4) is 0 Å². The van der Waals surface area contributed by atoms with Crippen LogP contribution in [0.2, 0.25) is 5.02 Å². The van der Waals surface area contributed by atoms with Crippen molar-refractivity contribution in [1.82, 2.24) is 10.9 Å². The largest absolute Gasteiger partial charge is 0.362 e. The van der Waals surface area contributed by atoms with Crippen LogP contribution >= 0.6 is 11.6 Å². The fourth-order valence-corrected chi connectivity index (χ4v) is 1.55. The Morgan fingerprint density at radius 3 is 2.36 bits per heavy atom. The predicted octanol–water partition coefficient (Wildman–Crippen LogP) is 1.16. The van der Waals surface area contributed by atoms with Crippen LogP contribution in [0.15, 0.2) is 18.2 Å². The van der Waals surface area contributed by atoms with Gasteiger partial charge in [0, 0.05) is 17.1 Å². The van der Waals surface area contributed by atoms with Gasteiger partial charge in [-0.05, 0) is 24.6 Å². The molecule has 0 unspecified atom stereocenters. The third-order valence-corrected chi connectivity index (χ3v) is 2.99. The Morgan fingerprint density at radius 1 is 1.09 bits per heavy atom. The van der Waals surface area contributed by atoms with Crippen LogP contribution in [0.1, 0.15) is 18.9 Å². The Bertz CT molecular complexity index is 563. The second-order valence-corrected chi connectivity index (χ2v) is 4.86. The summed E-state index contributed by atoms with van der Waals surface area (Å²) in [5.74, 6) is -1.28. The third-order valence-electron chi connectivity index (χ3n) is 2.58. The molecule has 0 saturated carbocycles. The number of nitrogens with one attached hydrogen (secondary N) is 3. The van der Waals surface area contributed by atoms with Crippen LogP contribution in [0, 0.1) is 6.92 Å². The molecule has 0 atom stereocenters. The van der Waals surface area contributed by atoms with Crippen molar-refractivity contribution in [3.05, 3.63) is 28.8 Å². The summed E-state index contributed by atoms with van der Waals surface area (Å²) in [5.41, 5.74) is 5.80. The standard InChI is InChI=1S/C14H18ClN3O4/c1-3-12(19)17-18-14(21)8-22-7-13(20)16-10-5-4-9(2)11(15)6-10/h4-6H,3,7-8H2,1-2H3,(H,16,20)(H,17,19)(H,18,21). The molecule has 0 heterocycles. The van der Waals surface area contributed by atoms with E-state index in [0.29, 0.717) is 10.7 Å². The molecule has 3 N–H and O–H groups in total. The first kappa shape index (κ1) is 17.9. The molecular formula is C14H18ClN3O4. The summed E-state index contributed by atoms with van der Waals surface area (Å²) in [6, 6.07) is 5.12. The summed E-state index contributed by atoms with van der Waals surface area (Å²) < 4.78 is 4.94. The maximum absolute atomic E-state index is 11.6. The van der Waals surface area contributed by atoms with Gasteiger partial charge < -0.3 is 10.1 Å². The number of aryl methyl sites for hydroxylation is 1. The number of hydrazine groups is 1. The Balaban J connectivity index is 2.27. The van der Waals surface area contributed by atoms with Gasteiger partial charge in [0.25, 0.3) is 5.91 Å². The quantitative estimate of drug-likeness (QED) is 0.683. The molecule has 0 fully saturated rings. The number of anilines is 1. The van der Waals surface area contributed by atoms with Gasteiger partial charge in [0.2, 0.25) is 11.8 Å². The molecule has 3 amide bonds. The first-order chi connectivity index (χ1) is 10.4. The summed E-state index contributed by atoms with van der Waals surface area (Å²) >= 11 is 5.95. The van der Waals surface area contributed by atoms with Crippen molar-refractivity contribution in [3.63, 3.8) is 0 Å². The minimum absolute atomic E-state index is 0.253. The van der Waals surface area contributed by atoms with E-state index in [2.05, 4.69) is 16.2 Å². The zero-order valence-electron chi connectivity index (χ0n) is 12.4. The smallest absolute Gasteiger partial charge is 0.264 e. The minimum atomic E-state index is -0.548. The van der Waals surface area contributed by atoms with Gasteiger partial charge in [0.15, 0.2) is 0 Å². The average molecular weight is 328 g/mol. The zero-order valence-corrected chi connectivity index (χ0v) is 13.1. The maximum atomic E-state index is 11.6. The van der Waals surface area contributed by atoms with Crippen molar-refractivity contribution in [3.8, 4) is 0 Å². The van der Waals surface area contributed by atoms with Gasteiger partial charge in [-0.1, -0.05) is 24.6 Å². The number of hydrogen-bond donors (Lipinski definition) is 3. The summed E-state index contributed by atoms with van der Waals surface area (Å²) in [5, 5.41) is 3.14. The molecule has 8 heteroatoms. The second kappa shape index (κ2) is 9.01. The van der Waals surface area contributed by atoms with Crippen molar-refractivity contribution < 1.29 is 19.1 Å². The van der Waals surface area contributed by atoms with Gasteiger partial charge in [0.1, 0.15) is 13.2 Å². The van der Waals surface area contributed by atoms with Gasteiger partial charge in [-0.15, -0.1) is 0 Å². The molecule has 0 aromatic heterocycles. The van der Waals surface area contributed by atoms with Crippen molar-refractivity contribution in [2.24, 2.45) is 0 Å². The van der Waals surface area contributed by atoms with Crippen LogP contribution < -0.4 is 16.2 Å². The molecule has 0 saturated heterocycles. The zero-order chi connectivity index (χ0) is 16.5. The monoisotopic (exact) mass is 327 g/mol. The lowest BCUT2D eigenvalue weighted by molar-refractivity contribution is -0.133. The molecule has 22 heavy (non-hydrogen) atoms. The van der Waals surface area contributed by atoms with E-state index < -0.39 is 11.8 Å². The number of carbonyl (C=O) groups is 3. The van der Waals surface area contributed by atoms with Crippen LogP contribution in [0.4, 0.5) is 5.69 Å². The molecule has 0 aliphatic heterocycles. The SMILES string of the molecule is CCC(=O)NNC(=O)COCC(=O)Nc1ccc(C)c(Cl)c1. The van der Waals surface area contributed by atoms with E-state index in [1.165, 1.54) is 0 Å². The first-order valence-corrected chi connectivity index (χ1v) is 7.01.